The Hall–Kier alpha value is -1.80. The maximum absolute atomic E-state index is 6.01. The predicted molar refractivity (Wildman–Crippen MR) is 76.6 cm³/mol. The van der Waals surface area contributed by atoms with E-state index in [-0.39, 0.29) is 17.0 Å². The minimum Gasteiger partial charge on any atom is -0.369 e. The van der Waals surface area contributed by atoms with Crippen LogP contribution in [0.5, 0.6) is 0 Å². The zero-order valence-corrected chi connectivity index (χ0v) is 12.8. The van der Waals surface area contributed by atoms with Gasteiger partial charge in [0.1, 0.15) is 12.7 Å². The molecule has 2 aromatic rings. The normalized spacial score (nSPS) is 21.5. The SMILES string of the molecule is CC1CN(c2nc(Cl)nc(-n3cncn3)n2)CC(C)(C)O1. The van der Waals surface area contributed by atoms with Crippen molar-refractivity contribution in [3.8, 4) is 5.95 Å². The maximum Gasteiger partial charge on any atom is 0.258 e. The first-order valence-corrected chi connectivity index (χ1v) is 7.00. The Morgan fingerprint density at radius 2 is 2.05 bits per heavy atom. The van der Waals surface area contributed by atoms with Crippen molar-refractivity contribution in [1.29, 1.82) is 0 Å². The van der Waals surface area contributed by atoms with Gasteiger partial charge in [-0.3, -0.25) is 0 Å². The Kier molecular flexibility index (Phi) is 3.50. The van der Waals surface area contributed by atoms with Crippen LogP contribution >= 0.6 is 11.6 Å². The summed E-state index contributed by atoms with van der Waals surface area (Å²) in [6.45, 7) is 7.47. The van der Waals surface area contributed by atoms with Crippen LogP contribution in [0.1, 0.15) is 20.8 Å². The average Bonchev–Trinajstić information content (AvgIpc) is 2.89. The molecule has 1 atom stereocenters. The Morgan fingerprint density at radius 3 is 2.71 bits per heavy atom. The van der Waals surface area contributed by atoms with Gasteiger partial charge in [-0.15, -0.1) is 0 Å². The molecule has 1 aliphatic heterocycles. The second-order valence-electron chi connectivity index (χ2n) is 5.61. The monoisotopic (exact) mass is 309 g/mol. The summed E-state index contributed by atoms with van der Waals surface area (Å²) in [5.74, 6) is 0.864. The minimum atomic E-state index is -0.274. The number of anilines is 1. The molecule has 1 unspecified atom stereocenters. The highest BCUT2D eigenvalue weighted by molar-refractivity contribution is 6.28. The summed E-state index contributed by atoms with van der Waals surface area (Å²) >= 11 is 6.01. The zero-order chi connectivity index (χ0) is 15.0. The van der Waals surface area contributed by atoms with Crippen molar-refractivity contribution in [2.24, 2.45) is 0 Å². The van der Waals surface area contributed by atoms with Crippen LogP contribution < -0.4 is 4.90 Å². The number of aromatic nitrogens is 6. The molecule has 112 valence electrons. The lowest BCUT2D eigenvalue weighted by atomic mass is 10.1. The molecule has 8 nitrogen and oxygen atoms in total. The van der Waals surface area contributed by atoms with Crippen molar-refractivity contribution in [2.45, 2.75) is 32.5 Å². The van der Waals surface area contributed by atoms with Crippen LogP contribution in [-0.4, -0.2) is 54.5 Å². The van der Waals surface area contributed by atoms with Gasteiger partial charge in [0.25, 0.3) is 5.95 Å². The van der Waals surface area contributed by atoms with E-state index in [9.17, 15) is 0 Å². The molecule has 0 aromatic carbocycles. The molecule has 0 bridgehead atoms. The molecule has 1 fully saturated rings. The fourth-order valence-corrected chi connectivity index (χ4v) is 2.64. The standard InChI is InChI=1S/C12H16ClN7O/c1-8-4-19(5-12(2,3)21-8)10-16-9(13)17-11(18-10)20-7-14-6-15-20/h6-8H,4-5H2,1-3H3. The summed E-state index contributed by atoms with van der Waals surface area (Å²) in [6.07, 6.45) is 3.01. The third-order valence-electron chi connectivity index (χ3n) is 3.06. The van der Waals surface area contributed by atoms with Gasteiger partial charge in [0.2, 0.25) is 11.2 Å². The molecule has 3 heterocycles. The van der Waals surface area contributed by atoms with E-state index in [0.717, 1.165) is 0 Å². The number of hydrogen-bond acceptors (Lipinski definition) is 7. The van der Waals surface area contributed by atoms with Crippen molar-refractivity contribution in [3.05, 3.63) is 17.9 Å². The molecule has 0 amide bonds. The number of morpholine rings is 1. The van der Waals surface area contributed by atoms with E-state index in [1.165, 1.54) is 17.3 Å². The van der Waals surface area contributed by atoms with Gasteiger partial charge >= 0.3 is 0 Å². The van der Waals surface area contributed by atoms with Gasteiger partial charge < -0.3 is 9.64 Å². The molecule has 0 radical (unpaired) electrons. The smallest absolute Gasteiger partial charge is 0.258 e. The number of hydrogen-bond donors (Lipinski definition) is 0. The second-order valence-corrected chi connectivity index (χ2v) is 5.95. The molecule has 9 heteroatoms. The maximum atomic E-state index is 6.01. The van der Waals surface area contributed by atoms with E-state index >= 15 is 0 Å². The fourth-order valence-electron chi connectivity index (χ4n) is 2.49. The van der Waals surface area contributed by atoms with Gasteiger partial charge in [-0.2, -0.15) is 24.7 Å². The molecular formula is C12H16ClN7O. The fraction of sp³-hybridized carbons (Fsp3) is 0.583. The van der Waals surface area contributed by atoms with Gasteiger partial charge in [-0.05, 0) is 32.4 Å². The lowest BCUT2D eigenvalue weighted by Crippen LogP contribution is -2.52. The van der Waals surface area contributed by atoms with Crippen LogP contribution in [0.2, 0.25) is 5.28 Å². The van der Waals surface area contributed by atoms with Crippen LogP contribution in [0.4, 0.5) is 5.95 Å². The largest absolute Gasteiger partial charge is 0.369 e. The highest BCUT2D eigenvalue weighted by atomic mass is 35.5. The van der Waals surface area contributed by atoms with Gasteiger partial charge in [0.15, 0.2) is 0 Å². The Labute approximate surface area is 127 Å². The molecule has 0 spiro atoms. The zero-order valence-electron chi connectivity index (χ0n) is 12.1. The Morgan fingerprint density at radius 1 is 1.29 bits per heavy atom. The van der Waals surface area contributed by atoms with E-state index in [1.807, 2.05) is 25.7 Å². The van der Waals surface area contributed by atoms with Crippen LogP contribution in [0, 0.1) is 0 Å². The first-order chi connectivity index (χ1) is 9.93. The molecule has 1 saturated heterocycles. The van der Waals surface area contributed by atoms with Crippen LogP contribution in [-0.2, 0) is 4.74 Å². The second kappa shape index (κ2) is 5.19. The summed E-state index contributed by atoms with van der Waals surface area (Å²) in [7, 11) is 0. The van der Waals surface area contributed by atoms with Crippen molar-refractivity contribution in [3.63, 3.8) is 0 Å². The lowest BCUT2D eigenvalue weighted by Gasteiger charge is -2.41. The summed E-state index contributed by atoms with van der Waals surface area (Å²) in [5, 5.41) is 4.14. The highest BCUT2D eigenvalue weighted by Gasteiger charge is 2.33. The first-order valence-electron chi connectivity index (χ1n) is 6.62. The van der Waals surface area contributed by atoms with Crippen molar-refractivity contribution >= 4 is 17.5 Å². The number of ether oxygens (including phenoxy) is 1. The Bertz CT molecular complexity index is 631. The van der Waals surface area contributed by atoms with Gasteiger partial charge in [-0.1, -0.05) is 0 Å². The molecule has 0 N–H and O–H groups in total. The van der Waals surface area contributed by atoms with Crippen molar-refractivity contribution < 1.29 is 4.74 Å². The van der Waals surface area contributed by atoms with Crippen LogP contribution in [0.25, 0.3) is 5.95 Å². The Balaban J connectivity index is 1.95. The third kappa shape index (κ3) is 3.11. The number of halogens is 1. The molecular weight excluding hydrogens is 294 g/mol. The average molecular weight is 310 g/mol. The molecule has 21 heavy (non-hydrogen) atoms. The molecule has 0 aliphatic carbocycles. The molecule has 2 aromatic heterocycles. The van der Waals surface area contributed by atoms with E-state index in [2.05, 4.69) is 25.0 Å². The van der Waals surface area contributed by atoms with Gasteiger partial charge in [0, 0.05) is 13.1 Å². The summed E-state index contributed by atoms with van der Waals surface area (Å²) < 4.78 is 7.34. The summed E-state index contributed by atoms with van der Waals surface area (Å²) in [6, 6.07) is 0. The quantitative estimate of drug-likeness (QED) is 0.821. The van der Waals surface area contributed by atoms with Gasteiger partial charge in [-0.25, -0.2) is 4.98 Å². The first kappa shape index (κ1) is 14.2. The lowest BCUT2D eigenvalue weighted by molar-refractivity contribution is -0.0753. The minimum absolute atomic E-state index is 0.0825. The van der Waals surface area contributed by atoms with Crippen molar-refractivity contribution in [2.75, 3.05) is 18.0 Å². The van der Waals surface area contributed by atoms with E-state index in [1.54, 1.807) is 0 Å². The molecule has 0 saturated carbocycles. The molecule has 1 aliphatic rings. The topological polar surface area (TPSA) is 81.9 Å². The van der Waals surface area contributed by atoms with Gasteiger partial charge in [0.05, 0.1) is 11.7 Å². The van der Waals surface area contributed by atoms with E-state index in [0.29, 0.717) is 25.0 Å². The van der Waals surface area contributed by atoms with Crippen LogP contribution in [0.15, 0.2) is 12.7 Å². The third-order valence-corrected chi connectivity index (χ3v) is 3.23. The summed E-state index contributed by atoms with van der Waals surface area (Å²) in [4.78, 5) is 18.6. The predicted octanol–water partition coefficient (Wildman–Crippen LogP) is 1.11. The van der Waals surface area contributed by atoms with Crippen molar-refractivity contribution in [1.82, 2.24) is 29.7 Å². The van der Waals surface area contributed by atoms with E-state index < -0.39 is 0 Å². The highest BCUT2D eigenvalue weighted by Crippen LogP contribution is 2.24. The number of nitrogens with zero attached hydrogens (tertiary/aromatic N) is 7. The van der Waals surface area contributed by atoms with E-state index in [4.69, 9.17) is 16.3 Å². The number of rotatable bonds is 2. The van der Waals surface area contributed by atoms with Crippen LogP contribution in [0.3, 0.4) is 0 Å². The summed E-state index contributed by atoms with van der Waals surface area (Å²) in [5.41, 5.74) is -0.274. The molecule has 3 rings (SSSR count).